The number of rotatable bonds is 6. The van der Waals surface area contributed by atoms with Gasteiger partial charge < -0.3 is 4.74 Å². The predicted octanol–water partition coefficient (Wildman–Crippen LogP) is 6.37. The highest BCUT2D eigenvalue weighted by Gasteiger charge is 2.45. The molecule has 2 aromatic rings. The van der Waals surface area contributed by atoms with Gasteiger partial charge >= 0.3 is 5.97 Å². The maximum Gasteiger partial charge on any atom is 0.330 e. The van der Waals surface area contributed by atoms with Crippen LogP contribution >= 0.6 is 0 Å². The number of aryl methyl sites for hydroxylation is 1. The van der Waals surface area contributed by atoms with E-state index in [1.54, 1.807) is 6.08 Å². The van der Waals surface area contributed by atoms with Gasteiger partial charge in [-0.15, -0.1) is 0 Å². The van der Waals surface area contributed by atoms with Gasteiger partial charge in [0.05, 0.1) is 0 Å². The molecule has 3 atom stereocenters. The van der Waals surface area contributed by atoms with Gasteiger partial charge in [-0.2, -0.15) is 0 Å². The molecule has 28 heavy (non-hydrogen) atoms. The minimum Gasteiger partial charge on any atom is -0.458 e. The normalized spacial score (nSPS) is 24.4. The molecule has 3 rings (SSSR count). The molecule has 2 nitrogen and oxygen atoms in total. The Morgan fingerprint density at radius 3 is 2.61 bits per heavy atom. The van der Waals surface area contributed by atoms with Crippen LogP contribution in [0.4, 0.5) is 0 Å². The second-order valence-electron chi connectivity index (χ2n) is 8.24. The average Bonchev–Trinajstić information content (AvgIpc) is 3.03. The fourth-order valence-corrected chi connectivity index (χ4v) is 4.64. The number of benzene rings is 2. The zero-order valence-electron chi connectivity index (χ0n) is 17.2. The van der Waals surface area contributed by atoms with Crippen molar-refractivity contribution in [2.45, 2.75) is 46.1 Å². The van der Waals surface area contributed by atoms with E-state index in [4.69, 9.17) is 4.74 Å². The molecule has 0 N–H and O–H groups in total. The van der Waals surface area contributed by atoms with Gasteiger partial charge in [-0.05, 0) is 55.1 Å². The van der Waals surface area contributed by atoms with Crippen molar-refractivity contribution in [3.05, 3.63) is 95.6 Å². The molecule has 1 fully saturated rings. The zero-order valence-corrected chi connectivity index (χ0v) is 17.2. The second kappa shape index (κ2) is 8.60. The molecule has 1 saturated carbocycles. The summed E-state index contributed by atoms with van der Waals surface area (Å²) in [7, 11) is 0. The Balaban J connectivity index is 1.78. The van der Waals surface area contributed by atoms with Crippen molar-refractivity contribution < 1.29 is 9.53 Å². The number of carbonyl (C=O) groups excluding carboxylic acids is 1. The SMILES string of the molecule is C=C(C)[C@H]1CC[C@H](c2cccc(C)c2)[C@@]1(C)/C=C/C(=O)OCc1ccccc1. The van der Waals surface area contributed by atoms with Gasteiger partial charge in [-0.3, -0.25) is 0 Å². The fraction of sp³-hybridized carbons (Fsp3) is 0.346. The largest absolute Gasteiger partial charge is 0.458 e. The predicted molar refractivity (Wildman–Crippen MR) is 115 cm³/mol. The maximum atomic E-state index is 12.4. The topological polar surface area (TPSA) is 26.3 Å². The first kappa shape index (κ1) is 20.1. The molecule has 0 radical (unpaired) electrons. The zero-order chi connectivity index (χ0) is 20.1. The van der Waals surface area contributed by atoms with Crippen molar-refractivity contribution >= 4 is 5.97 Å². The first-order valence-electron chi connectivity index (χ1n) is 10.0. The Kier molecular flexibility index (Phi) is 6.18. The molecule has 0 saturated heterocycles. The van der Waals surface area contributed by atoms with E-state index in [0.29, 0.717) is 18.4 Å². The maximum absolute atomic E-state index is 12.4. The fourth-order valence-electron chi connectivity index (χ4n) is 4.64. The number of hydrogen-bond donors (Lipinski definition) is 0. The van der Waals surface area contributed by atoms with Gasteiger partial charge in [-0.1, -0.05) is 85.3 Å². The molecule has 0 amide bonds. The van der Waals surface area contributed by atoms with Crippen LogP contribution in [0.25, 0.3) is 0 Å². The monoisotopic (exact) mass is 374 g/mol. The first-order valence-corrected chi connectivity index (χ1v) is 10.0. The van der Waals surface area contributed by atoms with E-state index in [-0.39, 0.29) is 11.4 Å². The number of carbonyl (C=O) groups is 1. The molecule has 1 aliphatic carbocycles. The van der Waals surface area contributed by atoms with Gasteiger partial charge in [0.1, 0.15) is 6.61 Å². The van der Waals surface area contributed by atoms with Gasteiger partial charge in [0.25, 0.3) is 0 Å². The van der Waals surface area contributed by atoms with E-state index in [9.17, 15) is 4.79 Å². The lowest BCUT2D eigenvalue weighted by molar-refractivity contribution is -0.139. The summed E-state index contributed by atoms with van der Waals surface area (Å²) in [6, 6.07) is 18.5. The van der Waals surface area contributed by atoms with Crippen LogP contribution in [-0.4, -0.2) is 5.97 Å². The minimum atomic E-state index is -0.291. The second-order valence-corrected chi connectivity index (χ2v) is 8.24. The third-order valence-electron chi connectivity index (χ3n) is 6.09. The summed E-state index contributed by atoms with van der Waals surface area (Å²) in [5.74, 6) is 0.434. The Morgan fingerprint density at radius 1 is 1.18 bits per heavy atom. The van der Waals surface area contributed by atoms with E-state index >= 15 is 0 Å². The molecule has 0 aromatic heterocycles. The van der Waals surface area contributed by atoms with Crippen LogP contribution in [0.3, 0.4) is 0 Å². The standard InChI is InChI=1S/C26H30O2/c1-19(2)23-13-14-24(22-12-8-9-20(3)17-22)26(23,4)16-15-25(27)28-18-21-10-6-5-7-11-21/h5-12,15-17,23-24H,1,13-14,18H2,2-4H3/b16-15+/t23-,24-,26+/m1/s1. The highest BCUT2D eigenvalue weighted by atomic mass is 16.5. The molecular weight excluding hydrogens is 344 g/mol. The van der Waals surface area contributed by atoms with Crippen molar-refractivity contribution in [3.63, 3.8) is 0 Å². The smallest absolute Gasteiger partial charge is 0.330 e. The summed E-state index contributed by atoms with van der Waals surface area (Å²) < 4.78 is 5.44. The summed E-state index contributed by atoms with van der Waals surface area (Å²) in [4.78, 5) is 12.4. The Labute approximate surface area is 168 Å². The van der Waals surface area contributed by atoms with Crippen molar-refractivity contribution in [1.29, 1.82) is 0 Å². The average molecular weight is 375 g/mol. The molecule has 0 unspecified atom stereocenters. The van der Waals surface area contributed by atoms with E-state index in [1.165, 1.54) is 16.7 Å². The van der Waals surface area contributed by atoms with E-state index in [2.05, 4.69) is 57.7 Å². The third kappa shape index (κ3) is 4.44. The molecule has 0 spiro atoms. The number of hydrogen-bond acceptors (Lipinski definition) is 2. The van der Waals surface area contributed by atoms with Crippen LogP contribution in [0.15, 0.2) is 78.9 Å². The van der Waals surface area contributed by atoms with E-state index < -0.39 is 0 Å². The van der Waals surface area contributed by atoms with Crippen LogP contribution in [0, 0.1) is 18.3 Å². The third-order valence-corrected chi connectivity index (χ3v) is 6.09. The molecule has 0 bridgehead atoms. The van der Waals surface area contributed by atoms with Crippen molar-refractivity contribution in [3.8, 4) is 0 Å². The van der Waals surface area contributed by atoms with E-state index in [1.807, 2.05) is 30.3 Å². The lowest BCUT2D eigenvalue weighted by Gasteiger charge is -2.35. The molecule has 146 valence electrons. The van der Waals surface area contributed by atoms with Crippen LogP contribution in [0.5, 0.6) is 0 Å². The molecule has 0 heterocycles. The first-order chi connectivity index (χ1) is 13.4. The molecule has 2 aromatic carbocycles. The number of ether oxygens (including phenoxy) is 1. The lowest BCUT2D eigenvalue weighted by atomic mass is 9.69. The lowest BCUT2D eigenvalue weighted by Crippen LogP contribution is -2.26. The summed E-state index contributed by atoms with van der Waals surface area (Å²) in [6.07, 6.45) is 5.88. The van der Waals surface area contributed by atoms with Crippen LogP contribution in [0.1, 0.15) is 49.3 Å². The van der Waals surface area contributed by atoms with Crippen molar-refractivity contribution in [2.75, 3.05) is 0 Å². The van der Waals surface area contributed by atoms with Crippen LogP contribution in [-0.2, 0) is 16.1 Å². The van der Waals surface area contributed by atoms with E-state index in [0.717, 1.165) is 18.4 Å². The van der Waals surface area contributed by atoms with Gasteiger partial charge in [0.15, 0.2) is 0 Å². The van der Waals surface area contributed by atoms with Crippen molar-refractivity contribution in [2.24, 2.45) is 11.3 Å². The highest BCUT2D eigenvalue weighted by molar-refractivity contribution is 5.82. The summed E-state index contributed by atoms with van der Waals surface area (Å²) >= 11 is 0. The quantitative estimate of drug-likeness (QED) is 0.333. The molecular formula is C26H30O2. The summed E-state index contributed by atoms with van der Waals surface area (Å²) in [5, 5.41) is 0. The summed E-state index contributed by atoms with van der Waals surface area (Å²) in [6.45, 7) is 11.0. The van der Waals surface area contributed by atoms with Gasteiger partial charge in [0.2, 0.25) is 0 Å². The molecule has 2 heteroatoms. The Hall–Kier alpha value is -2.61. The van der Waals surface area contributed by atoms with Gasteiger partial charge in [0, 0.05) is 6.08 Å². The number of esters is 1. The number of allylic oxidation sites excluding steroid dienone is 2. The molecule has 1 aliphatic rings. The Morgan fingerprint density at radius 2 is 1.93 bits per heavy atom. The van der Waals surface area contributed by atoms with Crippen LogP contribution in [0.2, 0.25) is 0 Å². The van der Waals surface area contributed by atoms with Gasteiger partial charge in [-0.25, -0.2) is 4.79 Å². The summed E-state index contributed by atoms with van der Waals surface area (Å²) in [5.41, 5.74) is 4.64. The van der Waals surface area contributed by atoms with Crippen molar-refractivity contribution in [1.82, 2.24) is 0 Å². The molecule has 0 aliphatic heterocycles. The highest BCUT2D eigenvalue weighted by Crippen LogP contribution is 2.56. The minimum absolute atomic E-state index is 0.147. The van der Waals surface area contributed by atoms with Crippen LogP contribution < -0.4 is 0 Å². The Bertz CT molecular complexity index is 865.